The van der Waals surface area contributed by atoms with Crippen molar-refractivity contribution < 1.29 is 14.0 Å². The summed E-state index contributed by atoms with van der Waals surface area (Å²) in [7, 11) is 0. The standard InChI is InChI=1S/C17H27N3O3/c1-13(15-9-6-12-23-15)19-16(21)10-5-11-18-17(22)20-14-7-3-2-4-8-14/h6,9,12-14H,2-5,7-8,10-11H2,1H3,(H,19,21)(H2,18,20,22). The van der Waals surface area contributed by atoms with Crippen molar-refractivity contribution >= 4 is 11.9 Å². The predicted molar refractivity (Wildman–Crippen MR) is 87.9 cm³/mol. The van der Waals surface area contributed by atoms with Gasteiger partial charge in [0, 0.05) is 19.0 Å². The van der Waals surface area contributed by atoms with Crippen LogP contribution >= 0.6 is 0 Å². The molecule has 0 saturated heterocycles. The van der Waals surface area contributed by atoms with Crippen LogP contribution < -0.4 is 16.0 Å². The molecule has 128 valence electrons. The molecule has 0 spiro atoms. The summed E-state index contributed by atoms with van der Waals surface area (Å²) in [5.41, 5.74) is 0. The minimum absolute atomic E-state index is 0.0385. The van der Waals surface area contributed by atoms with Gasteiger partial charge in [-0.2, -0.15) is 0 Å². The van der Waals surface area contributed by atoms with Crippen molar-refractivity contribution in [2.24, 2.45) is 0 Å². The molecular formula is C17H27N3O3. The Labute approximate surface area is 137 Å². The smallest absolute Gasteiger partial charge is 0.315 e. The van der Waals surface area contributed by atoms with Crippen molar-refractivity contribution in [3.05, 3.63) is 24.2 Å². The first-order valence-corrected chi connectivity index (χ1v) is 8.52. The van der Waals surface area contributed by atoms with Crippen molar-refractivity contribution in [1.29, 1.82) is 0 Å². The third-order valence-corrected chi connectivity index (χ3v) is 4.15. The van der Waals surface area contributed by atoms with Crippen LogP contribution in [0, 0.1) is 0 Å². The maximum atomic E-state index is 11.8. The number of amides is 3. The van der Waals surface area contributed by atoms with Crippen LogP contribution in [0.4, 0.5) is 4.79 Å². The van der Waals surface area contributed by atoms with E-state index in [4.69, 9.17) is 4.42 Å². The average Bonchev–Trinajstić information content (AvgIpc) is 3.07. The second-order valence-electron chi connectivity index (χ2n) is 6.14. The Morgan fingerprint density at radius 3 is 2.78 bits per heavy atom. The minimum Gasteiger partial charge on any atom is -0.467 e. The Morgan fingerprint density at radius 1 is 1.30 bits per heavy atom. The van der Waals surface area contributed by atoms with Gasteiger partial charge in [0.15, 0.2) is 0 Å². The van der Waals surface area contributed by atoms with E-state index in [2.05, 4.69) is 16.0 Å². The predicted octanol–water partition coefficient (Wildman–Crippen LogP) is 2.87. The summed E-state index contributed by atoms with van der Waals surface area (Å²) in [5, 5.41) is 8.69. The molecule has 1 atom stereocenters. The molecule has 3 amide bonds. The number of hydrogen-bond donors (Lipinski definition) is 3. The molecule has 0 bridgehead atoms. The van der Waals surface area contributed by atoms with E-state index < -0.39 is 0 Å². The summed E-state index contributed by atoms with van der Waals surface area (Å²) in [4.78, 5) is 23.6. The van der Waals surface area contributed by atoms with Crippen molar-refractivity contribution in [2.75, 3.05) is 6.54 Å². The fourth-order valence-corrected chi connectivity index (χ4v) is 2.86. The van der Waals surface area contributed by atoms with Crippen LogP contribution in [0.2, 0.25) is 0 Å². The number of hydrogen-bond acceptors (Lipinski definition) is 3. The van der Waals surface area contributed by atoms with E-state index in [1.54, 1.807) is 12.3 Å². The number of carbonyl (C=O) groups is 2. The van der Waals surface area contributed by atoms with E-state index in [9.17, 15) is 9.59 Å². The quantitative estimate of drug-likeness (QED) is 0.675. The normalized spacial score (nSPS) is 16.6. The van der Waals surface area contributed by atoms with Crippen molar-refractivity contribution in [3.8, 4) is 0 Å². The van der Waals surface area contributed by atoms with E-state index in [1.807, 2.05) is 13.0 Å². The molecule has 0 aromatic carbocycles. The van der Waals surface area contributed by atoms with Gasteiger partial charge in [0.1, 0.15) is 5.76 Å². The third kappa shape index (κ3) is 6.34. The zero-order valence-electron chi connectivity index (χ0n) is 13.8. The Kier molecular flexibility index (Phi) is 6.97. The van der Waals surface area contributed by atoms with Crippen LogP contribution in [-0.2, 0) is 4.79 Å². The molecule has 1 aromatic heterocycles. The molecule has 1 aromatic rings. The van der Waals surface area contributed by atoms with Crippen LogP contribution in [0.3, 0.4) is 0 Å². The Hall–Kier alpha value is -1.98. The van der Waals surface area contributed by atoms with Crippen LogP contribution in [0.15, 0.2) is 22.8 Å². The Balaban J connectivity index is 1.54. The highest BCUT2D eigenvalue weighted by Crippen LogP contribution is 2.17. The molecule has 1 saturated carbocycles. The van der Waals surface area contributed by atoms with E-state index >= 15 is 0 Å². The minimum atomic E-state index is -0.139. The largest absolute Gasteiger partial charge is 0.467 e. The molecule has 1 unspecified atom stereocenters. The summed E-state index contributed by atoms with van der Waals surface area (Å²) in [5.74, 6) is 0.701. The van der Waals surface area contributed by atoms with Gasteiger partial charge >= 0.3 is 6.03 Å². The van der Waals surface area contributed by atoms with Crippen LogP contribution in [0.25, 0.3) is 0 Å². The maximum absolute atomic E-state index is 11.8. The molecule has 1 heterocycles. The molecule has 23 heavy (non-hydrogen) atoms. The van der Waals surface area contributed by atoms with Gasteiger partial charge < -0.3 is 20.4 Å². The first-order chi connectivity index (χ1) is 11.1. The SMILES string of the molecule is CC(NC(=O)CCCNC(=O)NC1CCCCC1)c1ccco1. The second-order valence-corrected chi connectivity index (χ2v) is 6.14. The van der Waals surface area contributed by atoms with Gasteiger partial charge in [-0.1, -0.05) is 19.3 Å². The lowest BCUT2D eigenvalue weighted by molar-refractivity contribution is -0.121. The molecule has 1 fully saturated rings. The van der Waals surface area contributed by atoms with E-state index in [0.29, 0.717) is 25.4 Å². The highest BCUT2D eigenvalue weighted by atomic mass is 16.3. The first kappa shape index (κ1) is 17.4. The third-order valence-electron chi connectivity index (χ3n) is 4.15. The average molecular weight is 321 g/mol. The maximum Gasteiger partial charge on any atom is 0.315 e. The van der Waals surface area contributed by atoms with Crippen LogP contribution in [-0.4, -0.2) is 24.5 Å². The van der Waals surface area contributed by atoms with Crippen molar-refractivity contribution in [2.45, 2.75) is 64.0 Å². The summed E-state index contributed by atoms with van der Waals surface area (Å²) in [6.07, 6.45) is 8.39. The van der Waals surface area contributed by atoms with Crippen LogP contribution in [0.5, 0.6) is 0 Å². The summed E-state index contributed by atoms with van der Waals surface area (Å²) in [6.45, 7) is 2.38. The number of nitrogens with one attached hydrogen (secondary N) is 3. The lowest BCUT2D eigenvalue weighted by Gasteiger charge is -2.22. The topological polar surface area (TPSA) is 83.4 Å². The zero-order valence-corrected chi connectivity index (χ0v) is 13.8. The van der Waals surface area contributed by atoms with Crippen molar-refractivity contribution in [3.63, 3.8) is 0 Å². The molecule has 1 aliphatic carbocycles. The first-order valence-electron chi connectivity index (χ1n) is 8.52. The fraction of sp³-hybridized carbons (Fsp3) is 0.647. The van der Waals surface area contributed by atoms with Gasteiger partial charge in [-0.05, 0) is 38.3 Å². The number of furan rings is 1. The molecule has 0 aliphatic heterocycles. The van der Waals surface area contributed by atoms with Crippen LogP contribution in [0.1, 0.15) is 63.7 Å². The summed E-state index contributed by atoms with van der Waals surface area (Å²) in [6, 6.07) is 3.68. The molecule has 0 radical (unpaired) electrons. The number of rotatable bonds is 7. The highest BCUT2D eigenvalue weighted by molar-refractivity contribution is 5.76. The van der Waals surface area contributed by atoms with Gasteiger partial charge in [0.2, 0.25) is 5.91 Å². The van der Waals surface area contributed by atoms with Gasteiger partial charge in [0.25, 0.3) is 0 Å². The zero-order chi connectivity index (χ0) is 16.5. The molecule has 2 rings (SSSR count). The molecular weight excluding hydrogens is 294 g/mol. The molecule has 3 N–H and O–H groups in total. The fourth-order valence-electron chi connectivity index (χ4n) is 2.86. The molecule has 6 nitrogen and oxygen atoms in total. The highest BCUT2D eigenvalue weighted by Gasteiger charge is 2.15. The molecule has 6 heteroatoms. The van der Waals surface area contributed by atoms with Gasteiger partial charge in [-0.15, -0.1) is 0 Å². The summed E-state index contributed by atoms with van der Waals surface area (Å²) < 4.78 is 5.25. The van der Waals surface area contributed by atoms with Crippen molar-refractivity contribution in [1.82, 2.24) is 16.0 Å². The monoisotopic (exact) mass is 321 g/mol. The Morgan fingerprint density at radius 2 is 2.09 bits per heavy atom. The number of urea groups is 1. The van der Waals surface area contributed by atoms with Gasteiger partial charge in [-0.25, -0.2) is 4.79 Å². The van der Waals surface area contributed by atoms with Gasteiger partial charge in [0.05, 0.1) is 12.3 Å². The van der Waals surface area contributed by atoms with Gasteiger partial charge in [-0.3, -0.25) is 4.79 Å². The number of carbonyl (C=O) groups excluding carboxylic acids is 2. The lowest BCUT2D eigenvalue weighted by Crippen LogP contribution is -2.43. The lowest BCUT2D eigenvalue weighted by atomic mass is 9.96. The Bertz CT molecular complexity index is 481. The van der Waals surface area contributed by atoms with E-state index in [-0.39, 0.29) is 18.0 Å². The molecule has 1 aliphatic rings. The summed E-state index contributed by atoms with van der Waals surface area (Å²) >= 11 is 0. The second kappa shape index (κ2) is 9.22. The van der Waals surface area contributed by atoms with E-state index in [1.165, 1.54) is 19.3 Å². The van der Waals surface area contributed by atoms with E-state index in [0.717, 1.165) is 18.6 Å².